The first kappa shape index (κ1) is 25.7. The maximum Gasteiger partial charge on any atom is 0.397 e. The number of hydrogen-bond acceptors (Lipinski definition) is 13. The first-order valence-electron chi connectivity index (χ1n) is 8.71. The number of nitrogens with one attached hydrogen (secondary N) is 1. The highest BCUT2D eigenvalue weighted by molar-refractivity contribution is 7.80. The summed E-state index contributed by atoms with van der Waals surface area (Å²) in [6.45, 7) is 0.0134. The van der Waals surface area contributed by atoms with E-state index in [2.05, 4.69) is 9.50 Å². The van der Waals surface area contributed by atoms with Crippen LogP contribution in [-0.2, 0) is 38.4 Å². The lowest BCUT2D eigenvalue weighted by Gasteiger charge is -2.46. The fourth-order valence-electron chi connectivity index (χ4n) is 3.08. The van der Waals surface area contributed by atoms with Gasteiger partial charge in [-0.2, -0.15) is 8.42 Å². The lowest BCUT2D eigenvalue weighted by Crippen LogP contribution is -2.68. The Morgan fingerprint density at radius 1 is 1.00 bits per heavy atom. The first-order chi connectivity index (χ1) is 14.2. The molecule has 2 aliphatic heterocycles. The molecule has 0 aromatic carbocycles. The van der Waals surface area contributed by atoms with E-state index in [1.54, 1.807) is 0 Å². The first-order valence-corrected chi connectivity index (χ1v) is 10.1. The lowest BCUT2D eigenvalue weighted by molar-refractivity contribution is -0.335. The number of carbonyl (C=O) groups excluding carboxylic acids is 1. The van der Waals surface area contributed by atoms with E-state index in [1.807, 2.05) is 0 Å². The minimum atomic E-state index is -4.97. The molecule has 8 N–H and O–H groups in total. The minimum absolute atomic E-state index is 0.744. The Labute approximate surface area is 174 Å². The standard InChI is InChI=1S/C14H23NO15S/c1-3(16)15-5-7(18)6(17)4(2-27-31(24,25)26)28-14(5)30-10-8(19)9(20)13(23)29-11(10)12(21)22/h4-11,13-14,17-20,23H,2H2,1H3,(H,15,16)(H,21,22)(H,24,25,26)/t4?,5?,6-,7-,8-,9?,10+,11?,13?,14-/m1/s1. The molecule has 0 spiro atoms. The van der Waals surface area contributed by atoms with Crippen molar-refractivity contribution in [3.05, 3.63) is 0 Å². The molecule has 2 heterocycles. The number of amides is 1. The van der Waals surface area contributed by atoms with Gasteiger partial charge in [-0.15, -0.1) is 0 Å². The molecular formula is C14H23NO15S. The third-order valence-electron chi connectivity index (χ3n) is 4.55. The van der Waals surface area contributed by atoms with Crippen LogP contribution < -0.4 is 5.32 Å². The number of carboxylic acid groups (broad SMARTS) is 1. The molecule has 0 aromatic heterocycles. The molecule has 17 heteroatoms. The molecule has 0 aromatic rings. The van der Waals surface area contributed by atoms with Crippen LogP contribution in [0.5, 0.6) is 0 Å². The number of carboxylic acids is 1. The predicted molar refractivity (Wildman–Crippen MR) is 91.2 cm³/mol. The van der Waals surface area contributed by atoms with Gasteiger partial charge in [0.15, 0.2) is 18.7 Å². The Morgan fingerprint density at radius 2 is 1.61 bits per heavy atom. The summed E-state index contributed by atoms with van der Waals surface area (Å²) in [5.41, 5.74) is 0. The normalized spacial score (nSPS) is 41.5. The van der Waals surface area contributed by atoms with Crippen molar-refractivity contribution in [3.63, 3.8) is 0 Å². The molecule has 0 saturated carbocycles. The van der Waals surface area contributed by atoms with Gasteiger partial charge in [0.2, 0.25) is 5.91 Å². The van der Waals surface area contributed by atoms with Gasteiger partial charge in [0, 0.05) is 6.92 Å². The van der Waals surface area contributed by atoms with Crippen molar-refractivity contribution in [3.8, 4) is 0 Å². The van der Waals surface area contributed by atoms with Gasteiger partial charge < -0.3 is 50.2 Å². The third kappa shape index (κ3) is 6.26. The number of aliphatic hydroxyl groups excluding tert-OH is 5. The van der Waals surface area contributed by atoms with Crippen LogP contribution >= 0.6 is 0 Å². The highest BCUT2D eigenvalue weighted by atomic mass is 32.3. The zero-order valence-corrected chi connectivity index (χ0v) is 16.6. The van der Waals surface area contributed by atoms with Crippen LogP contribution in [0.1, 0.15) is 6.92 Å². The Kier molecular flexibility index (Phi) is 8.27. The summed E-state index contributed by atoms with van der Waals surface area (Å²) in [5.74, 6) is -2.46. The Balaban J connectivity index is 2.30. The van der Waals surface area contributed by atoms with Gasteiger partial charge in [-0.25, -0.2) is 8.98 Å². The quantitative estimate of drug-likeness (QED) is 0.159. The number of aliphatic carboxylic acids is 1. The van der Waals surface area contributed by atoms with Gasteiger partial charge >= 0.3 is 16.4 Å². The molecule has 2 fully saturated rings. The van der Waals surface area contributed by atoms with Gasteiger partial charge in [-0.05, 0) is 0 Å². The summed E-state index contributed by atoms with van der Waals surface area (Å²) < 4.78 is 49.6. The van der Waals surface area contributed by atoms with Crippen LogP contribution in [0.25, 0.3) is 0 Å². The summed E-state index contributed by atoms with van der Waals surface area (Å²) in [4.78, 5) is 22.9. The Morgan fingerprint density at radius 3 is 2.13 bits per heavy atom. The van der Waals surface area contributed by atoms with Crippen LogP contribution in [0, 0.1) is 0 Å². The fraction of sp³-hybridized carbons (Fsp3) is 0.857. The van der Waals surface area contributed by atoms with Crippen LogP contribution in [0.2, 0.25) is 0 Å². The van der Waals surface area contributed by atoms with Crippen molar-refractivity contribution in [1.29, 1.82) is 0 Å². The van der Waals surface area contributed by atoms with Crippen LogP contribution in [0.15, 0.2) is 0 Å². The topological polar surface area (TPSA) is 259 Å². The number of ether oxygens (including phenoxy) is 3. The highest BCUT2D eigenvalue weighted by Crippen LogP contribution is 2.29. The molecule has 2 saturated heterocycles. The fourth-order valence-corrected chi connectivity index (χ4v) is 3.39. The van der Waals surface area contributed by atoms with Crippen LogP contribution in [0.4, 0.5) is 0 Å². The largest absolute Gasteiger partial charge is 0.479 e. The van der Waals surface area contributed by atoms with Gasteiger partial charge in [0.05, 0.1) is 6.61 Å². The lowest BCUT2D eigenvalue weighted by atomic mass is 9.95. The molecule has 2 rings (SSSR count). The zero-order chi connectivity index (χ0) is 23.7. The second-order valence-electron chi connectivity index (χ2n) is 6.83. The molecule has 31 heavy (non-hydrogen) atoms. The molecule has 16 nitrogen and oxygen atoms in total. The smallest absolute Gasteiger partial charge is 0.397 e. The van der Waals surface area contributed by atoms with E-state index in [9.17, 15) is 48.6 Å². The summed E-state index contributed by atoms with van der Waals surface area (Å²) in [6, 6.07) is -1.57. The summed E-state index contributed by atoms with van der Waals surface area (Å²) in [5, 5.41) is 61.3. The van der Waals surface area contributed by atoms with E-state index in [-0.39, 0.29) is 0 Å². The second kappa shape index (κ2) is 9.96. The molecule has 180 valence electrons. The van der Waals surface area contributed by atoms with Crippen molar-refractivity contribution in [2.45, 2.75) is 68.3 Å². The van der Waals surface area contributed by atoms with Gasteiger partial charge in [-0.1, -0.05) is 0 Å². The van der Waals surface area contributed by atoms with E-state index in [0.717, 1.165) is 6.92 Å². The minimum Gasteiger partial charge on any atom is -0.479 e. The van der Waals surface area contributed by atoms with Crippen molar-refractivity contribution in [2.24, 2.45) is 0 Å². The number of carbonyl (C=O) groups is 2. The average molecular weight is 477 g/mol. The third-order valence-corrected chi connectivity index (χ3v) is 4.98. The van der Waals surface area contributed by atoms with Crippen LogP contribution in [-0.4, -0.2) is 123 Å². The number of rotatable bonds is 7. The highest BCUT2D eigenvalue weighted by Gasteiger charge is 2.52. The molecule has 0 bridgehead atoms. The second-order valence-corrected chi connectivity index (χ2v) is 7.92. The van der Waals surface area contributed by atoms with Crippen molar-refractivity contribution in [2.75, 3.05) is 6.61 Å². The van der Waals surface area contributed by atoms with Crippen molar-refractivity contribution >= 4 is 22.3 Å². The predicted octanol–water partition coefficient (Wildman–Crippen LogP) is -5.33. The van der Waals surface area contributed by atoms with Crippen LogP contribution in [0.3, 0.4) is 0 Å². The number of aliphatic hydroxyl groups is 5. The molecule has 5 unspecified atom stereocenters. The van der Waals surface area contributed by atoms with E-state index in [4.69, 9.17) is 18.8 Å². The monoisotopic (exact) mass is 477 g/mol. The summed E-state index contributed by atoms with van der Waals surface area (Å²) in [7, 11) is -4.97. The Bertz CT molecular complexity index is 761. The summed E-state index contributed by atoms with van der Waals surface area (Å²) in [6.07, 6.45) is -17.3. The summed E-state index contributed by atoms with van der Waals surface area (Å²) >= 11 is 0. The van der Waals surface area contributed by atoms with Gasteiger partial charge in [0.25, 0.3) is 0 Å². The van der Waals surface area contributed by atoms with Gasteiger partial charge in [0.1, 0.15) is 42.7 Å². The van der Waals surface area contributed by atoms with Gasteiger partial charge in [-0.3, -0.25) is 9.35 Å². The average Bonchev–Trinajstić information content (AvgIpc) is 2.65. The molecule has 2 aliphatic rings. The van der Waals surface area contributed by atoms with E-state index in [1.165, 1.54) is 0 Å². The zero-order valence-electron chi connectivity index (χ0n) is 15.8. The number of hydrogen-bond donors (Lipinski definition) is 8. The maximum absolute atomic E-state index is 11.5. The molecule has 0 aliphatic carbocycles. The molecule has 10 atom stereocenters. The van der Waals surface area contributed by atoms with Crippen molar-refractivity contribution in [1.82, 2.24) is 5.32 Å². The SMILES string of the molecule is CC(=O)NC1[C@@H](O[C@@H]2C(C(=O)O)OC(O)C(O)[C@H]2O)OC(COS(=O)(=O)O)[C@@H](O)[C@@H]1O. The molecule has 1 amide bonds. The molecule has 0 radical (unpaired) electrons. The van der Waals surface area contributed by atoms with Crippen molar-refractivity contribution < 1.29 is 71.6 Å². The molecular weight excluding hydrogens is 454 g/mol. The maximum atomic E-state index is 11.5. The Hall–Kier alpha value is -1.51. The van der Waals surface area contributed by atoms with E-state index in [0.29, 0.717) is 0 Å². The van der Waals surface area contributed by atoms with E-state index < -0.39 is 90.2 Å². The van der Waals surface area contributed by atoms with E-state index >= 15 is 0 Å².